The quantitative estimate of drug-likeness (QED) is 0.495. The molecule has 0 fully saturated rings. The molecule has 0 atom stereocenters. The summed E-state index contributed by atoms with van der Waals surface area (Å²) in [5.74, 6) is 0.126. The van der Waals surface area contributed by atoms with E-state index in [-0.39, 0.29) is 22.9 Å². The van der Waals surface area contributed by atoms with E-state index in [1.54, 1.807) is 0 Å². The van der Waals surface area contributed by atoms with Gasteiger partial charge in [-0.1, -0.05) is 36.4 Å². The Morgan fingerprint density at radius 2 is 1.75 bits per heavy atom. The minimum Gasteiger partial charge on any atom is -0.508 e. The van der Waals surface area contributed by atoms with Gasteiger partial charge in [-0.15, -0.1) is 0 Å². The molecule has 6 nitrogen and oxygen atoms in total. The van der Waals surface area contributed by atoms with Crippen molar-refractivity contribution in [3.05, 3.63) is 71.1 Å². The van der Waals surface area contributed by atoms with Crippen LogP contribution in [0, 0.1) is 0 Å². The first kappa shape index (κ1) is 14.1. The summed E-state index contributed by atoms with van der Waals surface area (Å²) in [6.45, 7) is 0. The number of phenolic OH excluding ortho intramolecular Hbond substituents is 2. The highest BCUT2D eigenvalue weighted by molar-refractivity contribution is 5.90. The van der Waals surface area contributed by atoms with Crippen molar-refractivity contribution in [2.24, 2.45) is 0 Å². The van der Waals surface area contributed by atoms with Gasteiger partial charge in [-0.05, 0) is 29.7 Å². The monoisotopic (exact) mass is 319 g/mol. The van der Waals surface area contributed by atoms with Gasteiger partial charge in [0.1, 0.15) is 11.5 Å². The van der Waals surface area contributed by atoms with Crippen molar-refractivity contribution in [1.29, 1.82) is 0 Å². The third-order valence-corrected chi connectivity index (χ3v) is 3.90. The SMILES string of the molecule is O=c1[nH]nc(-c2cc(O)ccc2O)n1-c1cccc2ccccc12. The molecule has 0 spiro atoms. The van der Waals surface area contributed by atoms with Crippen LogP contribution in [0.25, 0.3) is 27.8 Å². The molecule has 0 aliphatic heterocycles. The van der Waals surface area contributed by atoms with Crippen molar-refractivity contribution in [2.45, 2.75) is 0 Å². The highest BCUT2D eigenvalue weighted by Crippen LogP contribution is 2.32. The van der Waals surface area contributed by atoms with Crippen LogP contribution in [0.15, 0.2) is 65.5 Å². The average Bonchev–Trinajstić information content (AvgIpc) is 2.98. The van der Waals surface area contributed by atoms with Crippen LogP contribution in [-0.2, 0) is 0 Å². The number of phenols is 2. The topological polar surface area (TPSA) is 91.1 Å². The van der Waals surface area contributed by atoms with Crippen LogP contribution in [0.2, 0.25) is 0 Å². The molecule has 24 heavy (non-hydrogen) atoms. The van der Waals surface area contributed by atoms with Crippen molar-refractivity contribution in [1.82, 2.24) is 14.8 Å². The molecule has 0 bridgehead atoms. The summed E-state index contributed by atoms with van der Waals surface area (Å²) in [4.78, 5) is 12.4. The molecule has 0 radical (unpaired) electrons. The van der Waals surface area contributed by atoms with Crippen LogP contribution in [0.5, 0.6) is 11.5 Å². The van der Waals surface area contributed by atoms with Crippen LogP contribution in [-0.4, -0.2) is 25.0 Å². The third-order valence-electron chi connectivity index (χ3n) is 3.90. The Kier molecular flexibility index (Phi) is 3.09. The van der Waals surface area contributed by atoms with Crippen molar-refractivity contribution in [3.63, 3.8) is 0 Å². The van der Waals surface area contributed by atoms with Crippen molar-refractivity contribution >= 4 is 10.8 Å². The third kappa shape index (κ3) is 2.13. The van der Waals surface area contributed by atoms with Gasteiger partial charge < -0.3 is 10.2 Å². The predicted molar refractivity (Wildman–Crippen MR) is 90.5 cm³/mol. The first-order valence-electron chi connectivity index (χ1n) is 7.33. The fraction of sp³-hybridized carbons (Fsp3) is 0. The molecule has 0 aliphatic rings. The number of aromatic nitrogens is 3. The summed E-state index contributed by atoms with van der Waals surface area (Å²) in [6.07, 6.45) is 0. The molecular formula is C18H13N3O3. The molecule has 0 amide bonds. The Morgan fingerprint density at radius 3 is 2.62 bits per heavy atom. The van der Waals surface area contributed by atoms with E-state index < -0.39 is 5.69 Å². The minimum absolute atomic E-state index is 0.0253. The number of rotatable bonds is 2. The summed E-state index contributed by atoms with van der Waals surface area (Å²) in [7, 11) is 0. The summed E-state index contributed by atoms with van der Waals surface area (Å²) in [5, 5.41) is 28.1. The van der Waals surface area contributed by atoms with Gasteiger partial charge in [0.2, 0.25) is 0 Å². The molecule has 0 saturated carbocycles. The van der Waals surface area contributed by atoms with Gasteiger partial charge in [-0.2, -0.15) is 5.10 Å². The van der Waals surface area contributed by atoms with E-state index in [4.69, 9.17) is 0 Å². The number of aromatic amines is 1. The molecule has 4 rings (SSSR count). The molecule has 6 heteroatoms. The maximum atomic E-state index is 12.4. The lowest BCUT2D eigenvalue weighted by Gasteiger charge is -2.10. The van der Waals surface area contributed by atoms with Crippen LogP contribution >= 0.6 is 0 Å². The number of hydrogen-bond acceptors (Lipinski definition) is 4. The van der Waals surface area contributed by atoms with Crippen molar-refractivity contribution in [3.8, 4) is 28.6 Å². The van der Waals surface area contributed by atoms with E-state index in [2.05, 4.69) is 10.2 Å². The van der Waals surface area contributed by atoms with E-state index in [1.807, 2.05) is 42.5 Å². The summed E-state index contributed by atoms with van der Waals surface area (Å²) in [6, 6.07) is 17.4. The summed E-state index contributed by atoms with van der Waals surface area (Å²) in [5.41, 5.74) is 0.481. The van der Waals surface area contributed by atoms with Gasteiger partial charge in [-0.25, -0.2) is 14.5 Å². The standard InChI is InChI=1S/C18H13N3O3/c22-12-8-9-16(23)14(10-12)17-19-20-18(24)21(17)15-7-3-5-11-4-1-2-6-13(11)15/h1-10,22-23H,(H,20,24). The van der Waals surface area contributed by atoms with Gasteiger partial charge in [0.15, 0.2) is 5.82 Å². The van der Waals surface area contributed by atoms with Crippen LogP contribution < -0.4 is 5.69 Å². The Balaban J connectivity index is 2.05. The maximum absolute atomic E-state index is 12.4. The van der Waals surface area contributed by atoms with E-state index in [0.29, 0.717) is 5.69 Å². The molecule has 0 unspecified atom stereocenters. The Hall–Kier alpha value is -3.54. The molecule has 118 valence electrons. The zero-order chi connectivity index (χ0) is 16.7. The van der Waals surface area contributed by atoms with E-state index >= 15 is 0 Å². The average molecular weight is 319 g/mol. The van der Waals surface area contributed by atoms with Crippen molar-refractivity contribution < 1.29 is 10.2 Å². The van der Waals surface area contributed by atoms with Crippen LogP contribution in [0.1, 0.15) is 0 Å². The Bertz CT molecular complexity index is 1110. The zero-order valence-corrected chi connectivity index (χ0v) is 12.5. The number of aromatic hydroxyl groups is 2. The Labute approximate surface area is 136 Å². The van der Waals surface area contributed by atoms with Crippen LogP contribution in [0.4, 0.5) is 0 Å². The lowest BCUT2D eigenvalue weighted by Crippen LogP contribution is -2.16. The molecule has 4 aromatic rings. The molecule has 0 aliphatic carbocycles. The first-order valence-corrected chi connectivity index (χ1v) is 7.33. The molecule has 3 N–H and O–H groups in total. The number of nitrogens with zero attached hydrogens (tertiary/aromatic N) is 2. The second-order valence-corrected chi connectivity index (χ2v) is 5.39. The number of hydrogen-bond donors (Lipinski definition) is 3. The van der Waals surface area contributed by atoms with Crippen molar-refractivity contribution in [2.75, 3.05) is 0 Å². The van der Waals surface area contributed by atoms with E-state index in [0.717, 1.165) is 10.8 Å². The summed E-state index contributed by atoms with van der Waals surface area (Å²) < 4.78 is 1.39. The first-order chi connectivity index (χ1) is 11.6. The molecule has 3 aromatic carbocycles. The number of fused-ring (bicyclic) bond motifs is 1. The lowest BCUT2D eigenvalue weighted by atomic mass is 10.1. The molecule has 1 heterocycles. The predicted octanol–water partition coefficient (Wildman–Crippen LogP) is 2.79. The normalized spacial score (nSPS) is 11.0. The number of nitrogens with one attached hydrogen (secondary N) is 1. The number of benzene rings is 3. The zero-order valence-electron chi connectivity index (χ0n) is 12.5. The highest BCUT2D eigenvalue weighted by Gasteiger charge is 2.17. The van der Waals surface area contributed by atoms with E-state index in [1.165, 1.54) is 22.8 Å². The molecule has 0 saturated heterocycles. The largest absolute Gasteiger partial charge is 0.508 e. The maximum Gasteiger partial charge on any atom is 0.348 e. The van der Waals surface area contributed by atoms with Gasteiger partial charge in [0.25, 0.3) is 0 Å². The van der Waals surface area contributed by atoms with E-state index in [9.17, 15) is 15.0 Å². The highest BCUT2D eigenvalue weighted by atomic mass is 16.3. The smallest absolute Gasteiger partial charge is 0.348 e. The fourth-order valence-electron chi connectivity index (χ4n) is 2.81. The number of H-pyrrole nitrogens is 1. The van der Waals surface area contributed by atoms with Gasteiger partial charge in [-0.3, -0.25) is 0 Å². The summed E-state index contributed by atoms with van der Waals surface area (Å²) >= 11 is 0. The Morgan fingerprint density at radius 1 is 0.958 bits per heavy atom. The van der Waals surface area contributed by atoms with Gasteiger partial charge >= 0.3 is 5.69 Å². The minimum atomic E-state index is -0.427. The molecule has 1 aromatic heterocycles. The van der Waals surface area contributed by atoms with Crippen LogP contribution in [0.3, 0.4) is 0 Å². The van der Waals surface area contributed by atoms with Gasteiger partial charge in [0.05, 0.1) is 11.3 Å². The second-order valence-electron chi connectivity index (χ2n) is 5.39. The van der Waals surface area contributed by atoms with Gasteiger partial charge in [0, 0.05) is 5.39 Å². The lowest BCUT2D eigenvalue weighted by molar-refractivity contribution is 0.461. The second kappa shape index (κ2) is 5.27. The fourth-order valence-corrected chi connectivity index (χ4v) is 2.81. The molecular weight excluding hydrogens is 306 g/mol.